The van der Waals surface area contributed by atoms with Gasteiger partial charge in [-0.1, -0.05) is 19.4 Å². The third-order valence-electron chi connectivity index (χ3n) is 7.43. The van der Waals surface area contributed by atoms with E-state index >= 15 is 0 Å². The molecule has 4 aliphatic rings. The highest BCUT2D eigenvalue weighted by molar-refractivity contribution is 6.05. The number of ether oxygens (including phenoxy) is 2. The highest BCUT2D eigenvalue weighted by Crippen LogP contribution is 2.49. The van der Waals surface area contributed by atoms with Crippen molar-refractivity contribution in [3.63, 3.8) is 0 Å². The molecule has 2 saturated heterocycles. The molecular formula is C24H29N3O6. The SMILES string of the molecule is CCCCOC(=O)N1CCC2(CC1)COc1c2ccc2c1CN(C1CCC(=O)NC1=O)C2=O. The van der Waals surface area contributed by atoms with Gasteiger partial charge >= 0.3 is 6.09 Å². The fourth-order valence-corrected chi connectivity index (χ4v) is 5.41. The van der Waals surface area contributed by atoms with E-state index in [1.54, 1.807) is 9.80 Å². The van der Waals surface area contributed by atoms with E-state index in [0.717, 1.165) is 42.6 Å². The van der Waals surface area contributed by atoms with Gasteiger partial charge in [-0.2, -0.15) is 0 Å². The number of amides is 4. The van der Waals surface area contributed by atoms with Gasteiger partial charge in [0.05, 0.1) is 19.8 Å². The number of imide groups is 1. The summed E-state index contributed by atoms with van der Waals surface area (Å²) in [7, 11) is 0. The molecule has 0 aliphatic carbocycles. The molecule has 1 N–H and O–H groups in total. The maximum Gasteiger partial charge on any atom is 0.409 e. The molecule has 1 unspecified atom stereocenters. The molecule has 9 heteroatoms. The van der Waals surface area contributed by atoms with Crippen molar-refractivity contribution in [1.82, 2.24) is 15.1 Å². The van der Waals surface area contributed by atoms with Gasteiger partial charge in [0.25, 0.3) is 5.91 Å². The number of carbonyl (C=O) groups excluding carboxylic acids is 4. The first-order chi connectivity index (χ1) is 15.9. The van der Waals surface area contributed by atoms with Crippen molar-refractivity contribution in [3.8, 4) is 5.75 Å². The standard InChI is InChI=1S/C24H29N3O6/c1-2-3-12-32-23(31)26-10-8-24(9-11-26)14-33-20-16-13-27(18-6-7-19(28)25-21(18)29)22(30)15(16)4-5-17(20)24/h4-5,18H,2-3,6-14H2,1H3,(H,25,28,29). The van der Waals surface area contributed by atoms with Gasteiger partial charge in [0, 0.05) is 41.6 Å². The minimum atomic E-state index is -0.643. The Morgan fingerprint density at radius 2 is 2.03 bits per heavy atom. The van der Waals surface area contributed by atoms with Crippen LogP contribution in [0.25, 0.3) is 0 Å². The minimum absolute atomic E-state index is 0.185. The second kappa shape index (κ2) is 8.35. The molecule has 176 valence electrons. The number of fused-ring (bicyclic) bond motifs is 4. The molecule has 0 bridgehead atoms. The number of hydrogen-bond donors (Lipinski definition) is 1. The number of nitrogens with zero attached hydrogens (tertiary/aromatic N) is 2. The number of piperidine rings is 2. The van der Waals surface area contributed by atoms with Crippen LogP contribution in [-0.4, -0.2) is 66.0 Å². The zero-order chi connectivity index (χ0) is 23.2. The van der Waals surface area contributed by atoms with Crippen molar-refractivity contribution in [2.24, 2.45) is 0 Å². The number of benzene rings is 1. The van der Waals surface area contributed by atoms with Crippen LogP contribution >= 0.6 is 0 Å². The Kier molecular flexibility index (Phi) is 5.50. The lowest BCUT2D eigenvalue weighted by Crippen LogP contribution is -2.52. The molecule has 1 spiro atoms. The van der Waals surface area contributed by atoms with Crippen LogP contribution in [0.4, 0.5) is 4.79 Å². The average Bonchev–Trinajstić information content (AvgIpc) is 3.33. The van der Waals surface area contributed by atoms with Gasteiger partial charge in [-0.15, -0.1) is 0 Å². The Hall–Kier alpha value is -3.10. The lowest BCUT2D eigenvalue weighted by Gasteiger charge is -2.38. The van der Waals surface area contributed by atoms with Gasteiger partial charge in [0.2, 0.25) is 11.8 Å². The molecule has 9 nitrogen and oxygen atoms in total. The second-order valence-corrected chi connectivity index (χ2v) is 9.39. The van der Waals surface area contributed by atoms with Crippen LogP contribution in [0.1, 0.15) is 66.9 Å². The first-order valence-corrected chi connectivity index (χ1v) is 11.8. The predicted molar refractivity (Wildman–Crippen MR) is 117 cm³/mol. The van der Waals surface area contributed by atoms with Crippen molar-refractivity contribution in [3.05, 3.63) is 28.8 Å². The molecule has 0 aromatic heterocycles. The van der Waals surface area contributed by atoms with Crippen molar-refractivity contribution < 1.29 is 28.7 Å². The normalized spacial score (nSPS) is 23.3. The maximum absolute atomic E-state index is 13.1. The van der Waals surface area contributed by atoms with Crippen LogP contribution < -0.4 is 10.1 Å². The smallest absolute Gasteiger partial charge is 0.409 e. The molecule has 4 aliphatic heterocycles. The monoisotopic (exact) mass is 455 g/mol. The summed E-state index contributed by atoms with van der Waals surface area (Å²) in [4.78, 5) is 52.5. The summed E-state index contributed by atoms with van der Waals surface area (Å²) >= 11 is 0. The largest absolute Gasteiger partial charge is 0.492 e. The molecule has 0 saturated carbocycles. The summed E-state index contributed by atoms with van der Waals surface area (Å²) in [5.41, 5.74) is 2.28. The molecule has 4 amide bonds. The van der Waals surface area contributed by atoms with E-state index in [-0.39, 0.29) is 29.7 Å². The van der Waals surface area contributed by atoms with E-state index in [9.17, 15) is 19.2 Å². The van der Waals surface area contributed by atoms with Crippen molar-refractivity contribution in [2.75, 3.05) is 26.3 Å². The Morgan fingerprint density at radius 3 is 2.76 bits per heavy atom. The lowest BCUT2D eigenvalue weighted by atomic mass is 9.74. The Bertz CT molecular complexity index is 1010. The van der Waals surface area contributed by atoms with E-state index in [1.807, 2.05) is 12.1 Å². The number of hydrogen-bond acceptors (Lipinski definition) is 6. The Balaban J connectivity index is 1.31. The van der Waals surface area contributed by atoms with Crippen molar-refractivity contribution in [1.29, 1.82) is 0 Å². The quantitative estimate of drug-likeness (QED) is 0.551. The lowest BCUT2D eigenvalue weighted by molar-refractivity contribution is -0.136. The number of unbranched alkanes of at least 4 members (excludes halogenated alkanes) is 1. The van der Waals surface area contributed by atoms with E-state index in [1.165, 1.54) is 0 Å². The molecule has 1 atom stereocenters. The van der Waals surface area contributed by atoms with Gasteiger partial charge in [-0.05, 0) is 31.7 Å². The molecule has 1 aromatic rings. The van der Waals surface area contributed by atoms with Crippen LogP contribution in [0.3, 0.4) is 0 Å². The van der Waals surface area contributed by atoms with Gasteiger partial charge in [-0.3, -0.25) is 19.7 Å². The minimum Gasteiger partial charge on any atom is -0.492 e. The highest BCUT2D eigenvalue weighted by Gasteiger charge is 2.48. The molecule has 0 radical (unpaired) electrons. The predicted octanol–water partition coefficient (Wildman–Crippen LogP) is 2.11. The number of carbonyl (C=O) groups is 4. The molecule has 4 heterocycles. The topological polar surface area (TPSA) is 105 Å². The van der Waals surface area contributed by atoms with Crippen molar-refractivity contribution >= 4 is 23.8 Å². The van der Waals surface area contributed by atoms with E-state index in [0.29, 0.717) is 44.8 Å². The van der Waals surface area contributed by atoms with Crippen LogP contribution in [-0.2, 0) is 26.3 Å². The second-order valence-electron chi connectivity index (χ2n) is 9.39. The molecule has 1 aromatic carbocycles. The van der Waals surface area contributed by atoms with Crippen LogP contribution in [0.2, 0.25) is 0 Å². The van der Waals surface area contributed by atoms with Crippen LogP contribution in [0, 0.1) is 0 Å². The fraction of sp³-hybridized carbons (Fsp3) is 0.583. The summed E-state index contributed by atoms with van der Waals surface area (Å²) in [6.45, 7) is 4.54. The van der Waals surface area contributed by atoms with Gasteiger partial charge in [0.1, 0.15) is 11.8 Å². The third-order valence-corrected chi connectivity index (χ3v) is 7.43. The molecule has 2 fully saturated rings. The molecular weight excluding hydrogens is 426 g/mol. The Morgan fingerprint density at radius 1 is 1.24 bits per heavy atom. The summed E-state index contributed by atoms with van der Waals surface area (Å²) in [5.74, 6) is -0.169. The van der Waals surface area contributed by atoms with Gasteiger partial charge in [-0.25, -0.2) is 4.79 Å². The zero-order valence-corrected chi connectivity index (χ0v) is 18.9. The number of nitrogens with one attached hydrogen (secondary N) is 1. The first-order valence-electron chi connectivity index (χ1n) is 11.8. The number of rotatable bonds is 4. The number of likely N-dealkylation sites (tertiary alicyclic amines) is 1. The van der Waals surface area contributed by atoms with Gasteiger partial charge in [0.15, 0.2) is 0 Å². The summed E-state index contributed by atoms with van der Waals surface area (Å²) in [5, 5.41) is 2.34. The average molecular weight is 456 g/mol. The molecule has 33 heavy (non-hydrogen) atoms. The maximum atomic E-state index is 13.1. The third kappa shape index (κ3) is 3.63. The van der Waals surface area contributed by atoms with E-state index in [2.05, 4.69) is 12.2 Å². The van der Waals surface area contributed by atoms with Gasteiger partial charge < -0.3 is 19.3 Å². The van der Waals surface area contributed by atoms with Crippen molar-refractivity contribution in [2.45, 2.75) is 63.5 Å². The van der Waals surface area contributed by atoms with E-state index in [4.69, 9.17) is 9.47 Å². The Labute approximate surface area is 192 Å². The zero-order valence-electron chi connectivity index (χ0n) is 18.9. The van der Waals surface area contributed by atoms with Crippen LogP contribution in [0.5, 0.6) is 5.75 Å². The first kappa shape index (κ1) is 21.7. The van der Waals surface area contributed by atoms with E-state index < -0.39 is 11.9 Å². The fourth-order valence-electron chi connectivity index (χ4n) is 5.41. The summed E-state index contributed by atoms with van der Waals surface area (Å²) < 4.78 is 11.5. The highest BCUT2D eigenvalue weighted by atomic mass is 16.6. The summed E-state index contributed by atoms with van der Waals surface area (Å²) in [6.07, 6.45) is 3.70. The summed E-state index contributed by atoms with van der Waals surface area (Å²) in [6, 6.07) is 3.17. The molecule has 5 rings (SSSR count). The van der Waals surface area contributed by atoms with Crippen LogP contribution in [0.15, 0.2) is 12.1 Å².